The van der Waals surface area contributed by atoms with E-state index in [-0.39, 0.29) is 22.7 Å². The number of hydrogen-bond donors (Lipinski definition) is 12. The Morgan fingerprint density at radius 2 is 1.25 bits per heavy atom. The van der Waals surface area contributed by atoms with E-state index in [9.17, 15) is 66.1 Å². The van der Waals surface area contributed by atoms with Crippen LogP contribution in [-0.4, -0.2) is 210 Å². The van der Waals surface area contributed by atoms with Crippen molar-refractivity contribution in [3.8, 4) is 0 Å². The lowest BCUT2D eigenvalue weighted by Gasteiger charge is -2.64. The SMILES string of the molecule is C=C1C[C@@]23CC[C@H]4[C@@](C)(CCC[C@@]4(C)C(=O)O[C@@H]4OC(CO)[C@@H](O)C(O)C4O)[C@@H]2CC[C@]1(O[C@@H]1OC(CO)[C@@H](O)C(O[C@@H]2OC(CO)[C@@H](O)C(O)C2C)C1O[C@@H]1OC[C@@H](O)C(O)C1O)C3. The number of hydrogen-bond acceptors (Lipinski definition) is 21. The summed E-state index contributed by atoms with van der Waals surface area (Å²) in [4.78, 5) is 14.3. The van der Waals surface area contributed by atoms with Crippen LogP contribution in [0.5, 0.6) is 0 Å². The molecule has 21 heteroatoms. The fraction of sp³-hybridized carbons (Fsp3) is 0.932. The number of esters is 1. The van der Waals surface area contributed by atoms with Crippen LogP contribution in [0.3, 0.4) is 0 Å². The maximum Gasteiger partial charge on any atom is 0.314 e. The van der Waals surface area contributed by atoms with Crippen LogP contribution in [0.25, 0.3) is 0 Å². The molecule has 0 aromatic carbocycles. The van der Waals surface area contributed by atoms with Crippen LogP contribution in [0, 0.1) is 34.0 Å². The van der Waals surface area contributed by atoms with Crippen molar-refractivity contribution in [3.05, 3.63) is 12.2 Å². The quantitative estimate of drug-likeness (QED) is 0.0551. The van der Waals surface area contributed by atoms with Crippen molar-refractivity contribution in [1.82, 2.24) is 0 Å². The second kappa shape index (κ2) is 18.6. The van der Waals surface area contributed by atoms with Crippen molar-refractivity contribution >= 4 is 5.97 Å². The lowest BCUT2D eigenvalue weighted by Crippen LogP contribution is -2.66. The number of ether oxygens (including phenoxy) is 8. The molecule has 11 unspecified atom stereocenters. The second-order valence-electron chi connectivity index (χ2n) is 20.7. The van der Waals surface area contributed by atoms with Crippen LogP contribution in [0.2, 0.25) is 0 Å². The molecule has 2 bridgehead atoms. The van der Waals surface area contributed by atoms with E-state index in [1.54, 1.807) is 0 Å². The number of aliphatic hydroxyl groups excluding tert-OH is 12. The normalized spacial score (nSPS) is 54.7. The monoisotopic (exact) mass is 934 g/mol. The van der Waals surface area contributed by atoms with E-state index in [0.717, 1.165) is 12.0 Å². The third-order valence-corrected chi connectivity index (χ3v) is 17.0. The molecule has 25 atom stereocenters. The topological polar surface area (TPSA) is 334 Å². The van der Waals surface area contributed by atoms with E-state index in [0.29, 0.717) is 51.4 Å². The largest absolute Gasteiger partial charge is 0.432 e. The summed E-state index contributed by atoms with van der Waals surface area (Å²) < 4.78 is 48.8. The van der Waals surface area contributed by atoms with Crippen LogP contribution in [0.4, 0.5) is 0 Å². The molecule has 65 heavy (non-hydrogen) atoms. The molecule has 0 radical (unpaired) electrons. The number of carbonyl (C=O) groups excluding carboxylic acids is 1. The van der Waals surface area contributed by atoms with Gasteiger partial charge in [-0.15, -0.1) is 0 Å². The average Bonchev–Trinajstić information content (AvgIpc) is 3.48. The molecule has 4 saturated heterocycles. The lowest BCUT2D eigenvalue weighted by molar-refractivity contribution is -0.392. The zero-order valence-corrected chi connectivity index (χ0v) is 37.1. The van der Waals surface area contributed by atoms with Gasteiger partial charge in [0.25, 0.3) is 0 Å². The van der Waals surface area contributed by atoms with Gasteiger partial charge < -0.3 is 99.2 Å². The van der Waals surface area contributed by atoms with Gasteiger partial charge in [-0.2, -0.15) is 0 Å². The standard InChI is InChI=1S/C44H70O21/c1-18-12-43-10-6-24-41(3,8-5-9-42(24,4)40(57)64-38-33(56)31(54)29(52)22(14-46)60-38)25(43)7-11-44(18,17-43)65-39-35(63-37-32(55)27(50)20(48)16-58-37)34(30(53)23(15-47)61-39)62-36-19(2)26(49)28(51)21(13-45)59-36/h19-39,45-56H,1,5-17H2,2-4H3/t19?,20-,21?,22?,23?,24+,25+,26?,27?,28-,29-,30-,31?,32?,33?,34?,35?,36+,37+,38+,39+,41-,42-,43-,44+/m1/s1. The van der Waals surface area contributed by atoms with Gasteiger partial charge in [-0.25, -0.2) is 0 Å². The highest BCUT2D eigenvalue weighted by Crippen LogP contribution is 2.73. The second-order valence-corrected chi connectivity index (χ2v) is 20.7. The first kappa shape index (κ1) is 49.9. The van der Waals surface area contributed by atoms with Gasteiger partial charge in [0.05, 0.1) is 43.5 Å². The molecule has 4 saturated carbocycles. The minimum atomic E-state index is -1.78. The Labute approximate surface area is 376 Å². The van der Waals surface area contributed by atoms with Crippen molar-refractivity contribution in [1.29, 1.82) is 0 Å². The van der Waals surface area contributed by atoms with Gasteiger partial charge in [-0.1, -0.05) is 26.8 Å². The zero-order chi connectivity index (χ0) is 47.1. The molecule has 8 aliphatic rings. The summed E-state index contributed by atoms with van der Waals surface area (Å²) in [5.41, 5.74) is -2.01. The van der Waals surface area contributed by atoms with Crippen LogP contribution in [0.1, 0.15) is 78.6 Å². The first-order chi connectivity index (χ1) is 30.7. The van der Waals surface area contributed by atoms with Crippen molar-refractivity contribution in [3.63, 3.8) is 0 Å². The smallest absolute Gasteiger partial charge is 0.314 e. The highest BCUT2D eigenvalue weighted by atomic mass is 16.8. The Morgan fingerprint density at radius 1 is 0.662 bits per heavy atom. The Bertz CT molecular complexity index is 1700. The predicted molar refractivity (Wildman–Crippen MR) is 216 cm³/mol. The zero-order valence-electron chi connectivity index (χ0n) is 37.1. The van der Waals surface area contributed by atoms with E-state index < -0.39 is 160 Å². The maximum absolute atomic E-state index is 14.3. The molecular weight excluding hydrogens is 864 g/mol. The summed E-state index contributed by atoms with van der Waals surface area (Å²) in [6.45, 7) is 7.69. The summed E-state index contributed by atoms with van der Waals surface area (Å²) in [7, 11) is 0. The van der Waals surface area contributed by atoms with Gasteiger partial charge in [-0.05, 0) is 86.5 Å². The Morgan fingerprint density at radius 3 is 1.92 bits per heavy atom. The van der Waals surface area contributed by atoms with E-state index in [1.165, 1.54) is 6.92 Å². The minimum Gasteiger partial charge on any atom is -0.432 e. The van der Waals surface area contributed by atoms with Crippen LogP contribution >= 0.6 is 0 Å². The summed E-state index contributed by atoms with van der Waals surface area (Å²) in [5.74, 6) is -1.60. The average molecular weight is 935 g/mol. The van der Waals surface area contributed by atoms with Crippen molar-refractivity contribution in [2.45, 2.75) is 195 Å². The first-order valence-electron chi connectivity index (χ1n) is 23.1. The first-order valence-corrected chi connectivity index (χ1v) is 23.1. The molecular formula is C44H70O21. The van der Waals surface area contributed by atoms with Crippen molar-refractivity contribution in [2.24, 2.45) is 34.0 Å². The predicted octanol–water partition coefficient (Wildman–Crippen LogP) is -3.20. The summed E-state index contributed by atoms with van der Waals surface area (Å²) in [5, 5.41) is 126. The molecule has 4 aliphatic heterocycles. The van der Waals surface area contributed by atoms with Crippen LogP contribution < -0.4 is 0 Å². The molecule has 4 heterocycles. The van der Waals surface area contributed by atoms with Crippen molar-refractivity contribution < 1.29 is 104 Å². The van der Waals surface area contributed by atoms with Gasteiger partial charge >= 0.3 is 5.97 Å². The summed E-state index contributed by atoms with van der Waals surface area (Å²) in [6.07, 6.45) is -21.9. The number of carbonyl (C=O) groups is 1. The van der Waals surface area contributed by atoms with E-state index >= 15 is 0 Å². The van der Waals surface area contributed by atoms with Gasteiger partial charge in [0.1, 0.15) is 79.4 Å². The molecule has 372 valence electrons. The molecule has 0 aromatic heterocycles. The molecule has 4 aliphatic carbocycles. The molecule has 0 amide bonds. The van der Waals surface area contributed by atoms with Crippen LogP contribution in [0.15, 0.2) is 12.2 Å². The highest BCUT2D eigenvalue weighted by molar-refractivity contribution is 5.77. The molecule has 8 rings (SSSR count). The van der Waals surface area contributed by atoms with Gasteiger partial charge in [0, 0.05) is 5.92 Å². The molecule has 12 N–H and O–H groups in total. The third-order valence-electron chi connectivity index (χ3n) is 17.0. The van der Waals surface area contributed by atoms with E-state index in [4.69, 9.17) is 37.9 Å². The van der Waals surface area contributed by atoms with Gasteiger partial charge in [0.2, 0.25) is 6.29 Å². The Balaban J connectivity index is 1.05. The van der Waals surface area contributed by atoms with Crippen molar-refractivity contribution in [2.75, 3.05) is 26.4 Å². The Hall–Kier alpha value is -1.55. The molecule has 0 aromatic rings. The molecule has 1 spiro atoms. The number of aliphatic hydroxyl groups is 12. The fourth-order valence-corrected chi connectivity index (χ4v) is 13.4. The lowest BCUT2D eigenvalue weighted by atomic mass is 9.41. The van der Waals surface area contributed by atoms with Gasteiger partial charge in [-0.3, -0.25) is 4.79 Å². The van der Waals surface area contributed by atoms with Crippen LogP contribution in [-0.2, 0) is 42.7 Å². The maximum atomic E-state index is 14.3. The third kappa shape index (κ3) is 8.34. The van der Waals surface area contributed by atoms with Gasteiger partial charge in [0.15, 0.2) is 18.9 Å². The minimum absolute atomic E-state index is 0.0803. The highest BCUT2D eigenvalue weighted by Gasteiger charge is 2.69. The van der Waals surface area contributed by atoms with E-state index in [1.807, 2.05) is 6.92 Å². The summed E-state index contributed by atoms with van der Waals surface area (Å²) in [6, 6.07) is 0. The number of fused-ring (bicyclic) bond motifs is 3. The van der Waals surface area contributed by atoms with E-state index in [2.05, 4.69) is 13.5 Å². The fourth-order valence-electron chi connectivity index (χ4n) is 13.4. The molecule has 8 fully saturated rings. The molecule has 21 nitrogen and oxygen atoms in total. The summed E-state index contributed by atoms with van der Waals surface area (Å²) >= 11 is 0. The number of rotatable bonds is 11. The Kier molecular flexibility index (Phi) is 14.3.